The van der Waals surface area contributed by atoms with Crippen LogP contribution in [0.5, 0.6) is 5.75 Å². The summed E-state index contributed by atoms with van der Waals surface area (Å²) in [4.78, 5) is 44.4. The fourth-order valence-electron chi connectivity index (χ4n) is 4.21. The number of aryl methyl sites for hydroxylation is 1. The molecule has 8 heteroatoms. The van der Waals surface area contributed by atoms with Crippen molar-refractivity contribution >= 4 is 11.9 Å². The maximum absolute atomic E-state index is 13.6. The van der Waals surface area contributed by atoms with Crippen molar-refractivity contribution in [3.63, 3.8) is 0 Å². The molecule has 8 nitrogen and oxygen atoms in total. The lowest BCUT2D eigenvalue weighted by atomic mass is 10.1. The highest BCUT2D eigenvalue weighted by Crippen LogP contribution is 2.18. The first-order valence-corrected chi connectivity index (χ1v) is 13.7. The van der Waals surface area contributed by atoms with Gasteiger partial charge in [-0.25, -0.2) is 4.98 Å². The van der Waals surface area contributed by atoms with Crippen LogP contribution in [0.2, 0.25) is 0 Å². The minimum absolute atomic E-state index is 0.0429. The van der Waals surface area contributed by atoms with Gasteiger partial charge in [0.15, 0.2) is 0 Å². The Morgan fingerprint density at radius 2 is 1.69 bits per heavy atom. The van der Waals surface area contributed by atoms with Crippen LogP contribution in [0.3, 0.4) is 0 Å². The molecule has 1 heterocycles. The molecule has 0 fully saturated rings. The Labute approximate surface area is 230 Å². The van der Waals surface area contributed by atoms with E-state index in [4.69, 9.17) is 14.8 Å². The molecule has 3 aromatic rings. The average molecular weight is 534 g/mol. The molecule has 1 aromatic heterocycles. The van der Waals surface area contributed by atoms with Crippen LogP contribution in [0.25, 0.3) is 11.3 Å². The predicted octanol–water partition coefficient (Wildman–Crippen LogP) is 5.64. The van der Waals surface area contributed by atoms with Gasteiger partial charge < -0.3 is 14.7 Å². The molecule has 0 aliphatic rings. The largest absolute Gasteiger partial charge is 0.493 e. The van der Waals surface area contributed by atoms with Crippen LogP contribution in [-0.4, -0.2) is 44.6 Å². The lowest BCUT2D eigenvalue weighted by Crippen LogP contribution is -2.39. The van der Waals surface area contributed by atoms with Crippen molar-refractivity contribution in [3.05, 3.63) is 82.4 Å². The third-order valence-corrected chi connectivity index (χ3v) is 6.63. The van der Waals surface area contributed by atoms with Crippen LogP contribution in [-0.2, 0) is 17.9 Å². The quantitative estimate of drug-likeness (QED) is 0.254. The number of rotatable bonds is 15. The monoisotopic (exact) mass is 533 g/mol. The fraction of sp³-hybridized carbons (Fsp3) is 0.419. The molecule has 1 N–H and O–H groups in total. The molecule has 0 aliphatic heterocycles. The Balaban J connectivity index is 1.82. The number of unbranched alkanes of at least 4 members (excludes halogenated alkanes) is 4. The minimum atomic E-state index is -0.927. The van der Waals surface area contributed by atoms with E-state index in [1.807, 2.05) is 37.3 Å². The SMILES string of the molecule is CCCCCCCN(Cn1c(CC)nc(-c2ccccc2)cc1=O)C(=O)c1ccc(OCC(C)C(=O)O)cc1. The molecule has 3 rings (SSSR count). The van der Waals surface area contributed by atoms with Gasteiger partial charge in [-0.1, -0.05) is 69.9 Å². The van der Waals surface area contributed by atoms with E-state index in [0.717, 1.165) is 37.7 Å². The van der Waals surface area contributed by atoms with Crippen LogP contribution in [0, 0.1) is 5.92 Å². The number of ether oxygens (including phenoxy) is 1. The molecule has 0 saturated carbocycles. The summed E-state index contributed by atoms with van der Waals surface area (Å²) >= 11 is 0. The van der Waals surface area contributed by atoms with E-state index >= 15 is 0 Å². The Morgan fingerprint density at radius 1 is 1.00 bits per heavy atom. The summed E-state index contributed by atoms with van der Waals surface area (Å²) in [5.41, 5.74) is 1.78. The van der Waals surface area contributed by atoms with Crippen molar-refractivity contribution in [2.24, 2.45) is 5.92 Å². The number of carbonyl (C=O) groups excluding carboxylic acids is 1. The third kappa shape index (κ3) is 8.53. The lowest BCUT2D eigenvalue weighted by molar-refractivity contribution is -0.142. The van der Waals surface area contributed by atoms with Crippen LogP contribution >= 0.6 is 0 Å². The molecular weight excluding hydrogens is 494 g/mol. The highest BCUT2D eigenvalue weighted by Gasteiger charge is 2.19. The van der Waals surface area contributed by atoms with E-state index in [2.05, 4.69) is 6.92 Å². The first-order chi connectivity index (χ1) is 18.8. The molecule has 2 aromatic carbocycles. The zero-order chi connectivity index (χ0) is 28.2. The van der Waals surface area contributed by atoms with E-state index in [0.29, 0.717) is 35.8 Å². The number of aromatic nitrogens is 2. The smallest absolute Gasteiger partial charge is 0.309 e. The second-order valence-electron chi connectivity index (χ2n) is 9.74. The topological polar surface area (TPSA) is 102 Å². The second kappa shape index (κ2) is 14.9. The number of hydrogen-bond acceptors (Lipinski definition) is 5. The number of amides is 1. The summed E-state index contributed by atoms with van der Waals surface area (Å²) in [6.45, 7) is 6.37. The van der Waals surface area contributed by atoms with Gasteiger partial charge in [0.1, 0.15) is 24.8 Å². The number of carboxylic acids is 1. The molecule has 1 atom stereocenters. The van der Waals surface area contributed by atoms with Gasteiger partial charge in [-0.2, -0.15) is 0 Å². The highest BCUT2D eigenvalue weighted by molar-refractivity contribution is 5.94. The number of aliphatic carboxylic acids is 1. The van der Waals surface area contributed by atoms with Gasteiger partial charge in [0.2, 0.25) is 0 Å². The average Bonchev–Trinajstić information content (AvgIpc) is 2.96. The highest BCUT2D eigenvalue weighted by atomic mass is 16.5. The third-order valence-electron chi connectivity index (χ3n) is 6.63. The minimum Gasteiger partial charge on any atom is -0.493 e. The summed E-state index contributed by atoms with van der Waals surface area (Å²) in [5, 5.41) is 9.05. The van der Waals surface area contributed by atoms with Gasteiger partial charge in [-0.3, -0.25) is 19.0 Å². The molecule has 0 radical (unpaired) electrons. The van der Waals surface area contributed by atoms with Crippen molar-refractivity contribution in [2.45, 2.75) is 66.0 Å². The van der Waals surface area contributed by atoms with Gasteiger partial charge in [-0.15, -0.1) is 0 Å². The molecule has 0 aliphatic carbocycles. The number of carbonyl (C=O) groups is 2. The summed E-state index contributed by atoms with van der Waals surface area (Å²) in [5.74, 6) is -0.624. The van der Waals surface area contributed by atoms with Crippen LogP contribution in [0.4, 0.5) is 0 Å². The summed E-state index contributed by atoms with van der Waals surface area (Å²) in [7, 11) is 0. The lowest BCUT2D eigenvalue weighted by Gasteiger charge is -2.25. The number of carboxylic acid groups (broad SMARTS) is 1. The van der Waals surface area contributed by atoms with Gasteiger partial charge in [-0.05, 0) is 37.6 Å². The molecule has 1 amide bonds. The van der Waals surface area contributed by atoms with E-state index < -0.39 is 11.9 Å². The number of hydrogen-bond donors (Lipinski definition) is 1. The maximum Gasteiger partial charge on any atom is 0.309 e. The van der Waals surface area contributed by atoms with Crippen molar-refractivity contribution in [3.8, 4) is 17.0 Å². The van der Waals surface area contributed by atoms with Crippen LogP contribution in [0.1, 0.15) is 69.1 Å². The van der Waals surface area contributed by atoms with Crippen molar-refractivity contribution in [2.75, 3.05) is 13.2 Å². The van der Waals surface area contributed by atoms with Gasteiger partial charge >= 0.3 is 5.97 Å². The molecule has 0 saturated heterocycles. The molecule has 208 valence electrons. The van der Waals surface area contributed by atoms with Crippen molar-refractivity contribution in [1.82, 2.24) is 14.5 Å². The summed E-state index contributed by atoms with van der Waals surface area (Å²) < 4.78 is 7.14. The predicted molar refractivity (Wildman–Crippen MR) is 152 cm³/mol. The standard InChI is InChI=1S/C31H39N3O5/c1-4-6-7-8-12-19-33(30(36)25-15-17-26(18-16-25)39-21-23(3)31(37)38)22-34-28(5-2)32-27(20-29(34)35)24-13-10-9-11-14-24/h9-11,13-18,20,23H,4-8,12,19,21-22H2,1-3H3,(H,37,38). The van der Waals surface area contributed by atoms with E-state index in [1.165, 1.54) is 6.07 Å². The number of benzene rings is 2. The maximum atomic E-state index is 13.6. The fourth-order valence-corrected chi connectivity index (χ4v) is 4.21. The van der Waals surface area contributed by atoms with E-state index in [1.54, 1.807) is 40.7 Å². The molecule has 0 bridgehead atoms. The van der Waals surface area contributed by atoms with Gasteiger partial charge in [0, 0.05) is 30.2 Å². The van der Waals surface area contributed by atoms with Crippen molar-refractivity contribution in [1.29, 1.82) is 0 Å². The number of nitrogens with zero attached hydrogens (tertiary/aromatic N) is 3. The normalized spacial score (nSPS) is 11.7. The Bertz CT molecular complexity index is 1270. The van der Waals surface area contributed by atoms with Crippen LogP contribution in [0.15, 0.2) is 65.5 Å². The Kier molecular flexibility index (Phi) is 11.3. The van der Waals surface area contributed by atoms with Crippen molar-refractivity contribution < 1.29 is 19.4 Å². The second-order valence-corrected chi connectivity index (χ2v) is 9.74. The first-order valence-electron chi connectivity index (χ1n) is 13.7. The molecular formula is C31H39N3O5. The van der Waals surface area contributed by atoms with Crippen LogP contribution < -0.4 is 10.3 Å². The van der Waals surface area contributed by atoms with E-state index in [-0.39, 0.29) is 24.7 Å². The zero-order valence-electron chi connectivity index (χ0n) is 23.1. The van der Waals surface area contributed by atoms with E-state index in [9.17, 15) is 14.4 Å². The molecule has 39 heavy (non-hydrogen) atoms. The van der Waals surface area contributed by atoms with Gasteiger partial charge in [0.25, 0.3) is 11.5 Å². The Hall–Kier alpha value is -3.94. The molecule has 0 spiro atoms. The van der Waals surface area contributed by atoms with Gasteiger partial charge in [0.05, 0.1) is 11.6 Å². The molecule has 1 unspecified atom stereocenters. The summed E-state index contributed by atoms with van der Waals surface area (Å²) in [6.07, 6.45) is 5.79. The first kappa shape index (κ1) is 29.6. The zero-order valence-corrected chi connectivity index (χ0v) is 23.1. The summed E-state index contributed by atoms with van der Waals surface area (Å²) in [6, 6.07) is 17.8. The Morgan fingerprint density at radius 3 is 2.33 bits per heavy atom.